The summed E-state index contributed by atoms with van der Waals surface area (Å²) < 4.78 is 10.4. The monoisotopic (exact) mass is 271 g/mol. The molecular weight excluding hydrogens is 254 g/mol. The number of hydrogen-bond donors (Lipinski definition) is 1. The molecule has 0 radical (unpaired) electrons. The van der Waals surface area contributed by atoms with Gasteiger partial charge in [0.25, 0.3) is 5.91 Å². The average Bonchev–Trinajstić information content (AvgIpc) is 2.34. The molecule has 4 nitrogen and oxygen atoms in total. The lowest BCUT2D eigenvalue weighted by Crippen LogP contribution is -2.37. The molecule has 0 spiro atoms. The number of nitrogens with one attached hydrogen (secondary N) is 1. The van der Waals surface area contributed by atoms with Crippen LogP contribution in [0.1, 0.15) is 12.5 Å². The Kier molecular flexibility index (Phi) is 5.95. The van der Waals surface area contributed by atoms with Crippen molar-refractivity contribution in [3.8, 4) is 5.75 Å². The quantitative estimate of drug-likeness (QED) is 0.807. The van der Waals surface area contributed by atoms with Crippen molar-refractivity contribution in [1.29, 1.82) is 0 Å². The van der Waals surface area contributed by atoms with Gasteiger partial charge in [-0.2, -0.15) is 0 Å². The zero-order valence-electron chi connectivity index (χ0n) is 10.8. The number of carbonyl (C=O) groups excluding carboxylic acids is 1. The van der Waals surface area contributed by atoms with Gasteiger partial charge in [0.05, 0.1) is 6.61 Å². The highest BCUT2D eigenvalue weighted by atomic mass is 35.5. The molecule has 0 fully saturated rings. The van der Waals surface area contributed by atoms with Gasteiger partial charge in [0, 0.05) is 18.7 Å². The van der Waals surface area contributed by atoms with Gasteiger partial charge >= 0.3 is 0 Å². The molecule has 0 unspecified atom stereocenters. The summed E-state index contributed by atoms with van der Waals surface area (Å²) in [6, 6.07) is 5.30. The number of benzene rings is 1. The van der Waals surface area contributed by atoms with Crippen molar-refractivity contribution >= 4 is 17.5 Å². The van der Waals surface area contributed by atoms with Crippen molar-refractivity contribution in [2.24, 2.45) is 0 Å². The molecule has 1 atom stereocenters. The second-order valence-electron chi connectivity index (χ2n) is 3.95. The number of rotatable bonds is 6. The first-order chi connectivity index (χ1) is 8.54. The Morgan fingerprint density at radius 1 is 1.50 bits per heavy atom. The van der Waals surface area contributed by atoms with Gasteiger partial charge in [-0.1, -0.05) is 11.6 Å². The minimum atomic E-state index is -0.553. The van der Waals surface area contributed by atoms with Crippen molar-refractivity contribution in [3.63, 3.8) is 0 Å². The summed E-state index contributed by atoms with van der Waals surface area (Å²) in [7, 11) is 1.59. The lowest BCUT2D eigenvalue weighted by Gasteiger charge is -2.15. The normalized spacial score (nSPS) is 12.0. The van der Waals surface area contributed by atoms with Gasteiger partial charge in [-0.25, -0.2) is 0 Å². The van der Waals surface area contributed by atoms with E-state index in [0.717, 1.165) is 5.56 Å². The molecule has 0 aliphatic heterocycles. The van der Waals surface area contributed by atoms with E-state index in [1.54, 1.807) is 32.2 Å². The Morgan fingerprint density at radius 3 is 2.83 bits per heavy atom. The molecule has 100 valence electrons. The van der Waals surface area contributed by atoms with Crippen LogP contribution in [0.2, 0.25) is 5.02 Å². The first-order valence-corrected chi connectivity index (χ1v) is 6.12. The summed E-state index contributed by atoms with van der Waals surface area (Å²) in [6.07, 6.45) is -0.553. The maximum atomic E-state index is 11.7. The predicted octanol–water partition coefficient (Wildman–Crippen LogP) is 2.18. The number of methoxy groups -OCH3 is 1. The highest BCUT2D eigenvalue weighted by molar-refractivity contribution is 6.31. The lowest BCUT2D eigenvalue weighted by molar-refractivity contribution is -0.127. The number of aryl methyl sites for hydroxylation is 1. The van der Waals surface area contributed by atoms with E-state index in [0.29, 0.717) is 23.9 Å². The second-order valence-corrected chi connectivity index (χ2v) is 4.36. The third kappa shape index (κ3) is 4.55. The summed E-state index contributed by atoms with van der Waals surface area (Å²) in [4.78, 5) is 11.7. The van der Waals surface area contributed by atoms with Gasteiger partial charge in [0.1, 0.15) is 5.75 Å². The Morgan fingerprint density at radius 2 is 2.22 bits per heavy atom. The van der Waals surface area contributed by atoms with Gasteiger partial charge < -0.3 is 14.8 Å². The van der Waals surface area contributed by atoms with Crippen LogP contribution in [0.15, 0.2) is 18.2 Å². The molecule has 0 bridgehead atoms. The smallest absolute Gasteiger partial charge is 0.260 e. The molecule has 1 rings (SSSR count). The van der Waals surface area contributed by atoms with Crippen LogP contribution >= 0.6 is 11.6 Å². The fourth-order valence-corrected chi connectivity index (χ4v) is 1.49. The van der Waals surface area contributed by atoms with E-state index in [1.807, 2.05) is 6.92 Å². The van der Waals surface area contributed by atoms with Crippen molar-refractivity contribution < 1.29 is 14.3 Å². The van der Waals surface area contributed by atoms with Crippen LogP contribution in [-0.2, 0) is 9.53 Å². The molecule has 0 heterocycles. The Bertz CT molecular complexity index is 409. The largest absolute Gasteiger partial charge is 0.481 e. The van der Waals surface area contributed by atoms with Crippen LogP contribution in [0, 0.1) is 6.92 Å². The number of carbonyl (C=O) groups is 1. The van der Waals surface area contributed by atoms with Gasteiger partial charge in [0.2, 0.25) is 0 Å². The number of halogens is 1. The summed E-state index contributed by atoms with van der Waals surface area (Å²) in [5.41, 5.74) is 0.918. The molecule has 18 heavy (non-hydrogen) atoms. The van der Waals surface area contributed by atoms with Crippen LogP contribution in [0.5, 0.6) is 5.75 Å². The van der Waals surface area contributed by atoms with E-state index < -0.39 is 6.10 Å². The highest BCUT2D eigenvalue weighted by Crippen LogP contribution is 2.21. The Labute approximate surface area is 112 Å². The SMILES string of the molecule is COCCNC(=O)[C@@H](C)Oc1ccc(Cl)c(C)c1. The maximum absolute atomic E-state index is 11.7. The van der Waals surface area contributed by atoms with Gasteiger partial charge in [-0.15, -0.1) is 0 Å². The lowest BCUT2D eigenvalue weighted by atomic mass is 10.2. The zero-order valence-corrected chi connectivity index (χ0v) is 11.6. The minimum absolute atomic E-state index is 0.167. The topological polar surface area (TPSA) is 47.6 Å². The van der Waals surface area contributed by atoms with Crippen LogP contribution in [-0.4, -0.2) is 32.3 Å². The second kappa shape index (κ2) is 7.24. The van der Waals surface area contributed by atoms with E-state index in [-0.39, 0.29) is 5.91 Å². The van der Waals surface area contributed by atoms with E-state index in [9.17, 15) is 4.79 Å². The number of amides is 1. The van der Waals surface area contributed by atoms with E-state index in [4.69, 9.17) is 21.1 Å². The molecule has 0 aliphatic carbocycles. The zero-order chi connectivity index (χ0) is 13.5. The number of hydrogen-bond acceptors (Lipinski definition) is 3. The third-order valence-corrected chi connectivity index (χ3v) is 2.84. The Hall–Kier alpha value is -1.26. The van der Waals surface area contributed by atoms with E-state index >= 15 is 0 Å². The third-order valence-electron chi connectivity index (χ3n) is 2.42. The van der Waals surface area contributed by atoms with Crippen molar-refractivity contribution in [2.45, 2.75) is 20.0 Å². The van der Waals surface area contributed by atoms with Gasteiger partial charge in [-0.3, -0.25) is 4.79 Å². The summed E-state index contributed by atoms with van der Waals surface area (Å²) in [5.74, 6) is 0.464. The molecule has 1 aromatic carbocycles. The molecule has 0 saturated heterocycles. The minimum Gasteiger partial charge on any atom is -0.481 e. The predicted molar refractivity (Wildman–Crippen MR) is 71.2 cm³/mol. The Balaban J connectivity index is 2.50. The van der Waals surface area contributed by atoms with Crippen molar-refractivity contribution in [1.82, 2.24) is 5.32 Å². The van der Waals surface area contributed by atoms with E-state index in [1.165, 1.54) is 0 Å². The standard InChI is InChI=1S/C13H18ClNO3/c1-9-8-11(4-5-12(9)14)18-10(2)13(16)15-6-7-17-3/h4-5,8,10H,6-7H2,1-3H3,(H,15,16)/t10-/m1/s1. The molecular formula is C13H18ClNO3. The van der Waals surface area contributed by atoms with Crippen LogP contribution in [0.25, 0.3) is 0 Å². The first-order valence-electron chi connectivity index (χ1n) is 5.74. The van der Waals surface area contributed by atoms with Crippen LogP contribution in [0.4, 0.5) is 0 Å². The molecule has 0 aliphatic rings. The van der Waals surface area contributed by atoms with Gasteiger partial charge in [-0.05, 0) is 37.6 Å². The first kappa shape index (κ1) is 14.8. The molecule has 1 aromatic rings. The fraction of sp³-hybridized carbons (Fsp3) is 0.462. The average molecular weight is 272 g/mol. The summed E-state index contributed by atoms with van der Waals surface area (Å²) in [6.45, 7) is 4.55. The maximum Gasteiger partial charge on any atom is 0.260 e. The fourth-order valence-electron chi connectivity index (χ4n) is 1.37. The molecule has 1 amide bonds. The van der Waals surface area contributed by atoms with E-state index in [2.05, 4.69) is 5.32 Å². The van der Waals surface area contributed by atoms with Crippen molar-refractivity contribution in [2.75, 3.05) is 20.3 Å². The summed E-state index contributed by atoms with van der Waals surface area (Å²) >= 11 is 5.92. The molecule has 0 saturated carbocycles. The summed E-state index contributed by atoms with van der Waals surface area (Å²) in [5, 5.41) is 3.39. The van der Waals surface area contributed by atoms with Crippen LogP contribution in [0.3, 0.4) is 0 Å². The van der Waals surface area contributed by atoms with Gasteiger partial charge in [0.15, 0.2) is 6.10 Å². The highest BCUT2D eigenvalue weighted by Gasteiger charge is 2.14. The molecule has 0 aromatic heterocycles. The van der Waals surface area contributed by atoms with Crippen molar-refractivity contribution in [3.05, 3.63) is 28.8 Å². The molecule has 1 N–H and O–H groups in total. The molecule has 5 heteroatoms. The number of ether oxygens (including phenoxy) is 2. The van der Waals surface area contributed by atoms with Crippen LogP contribution < -0.4 is 10.1 Å².